The molecule has 8 nitrogen and oxygen atoms in total. The van der Waals surface area contributed by atoms with Crippen LogP contribution in [0, 0.1) is 6.92 Å². The van der Waals surface area contributed by atoms with Crippen LogP contribution in [0.5, 0.6) is 0 Å². The van der Waals surface area contributed by atoms with E-state index in [-0.39, 0.29) is 24.2 Å². The van der Waals surface area contributed by atoms with Crippen molar-refractivity contribution in [3.05, 3.63) is 17.6 Å². The van der Waals surface area contributed by atoms with Gasteiger partial charge in [-0.3, -0.25) is 4.90 Å². The second-order valence-electron chi connectivity index (χ2n) is 8.24. The van der Waals surface area contributed by atoms with Gasteiger partial charge in [0.1, 0.15) is 23.3 Å². The highest BCUT2D eigenvalue weighted by Gasteiger charge is 2.32. The molecule has 0 bridgehead atoms. The zero-order valence-electron chi connectivity index (χ0n) is 16.7. The van der Waals surface area contributed by atoms with Crippen molar-refractivity contribution in [3.63, 3.8) is 0 Å². The minimum Gasteiger partial charge on any atom is -0.444 e. The number of carbonyl (C=O) groups excluding carboxylic acids is 2. The van der Waals surface area contributed by atoms with E-state index in [0.29, 0.717) is 31.3 Å². The number of rotatable bonds is 2. The second-order valence-corrected chi connectivity index (χ2v) is 8.24. The number of piperidine rings is 1. The molecule has 1 aromatic rings. The van der Waals surface area contributed by atoms with E-state index in [9.17, 15) is 9.59 Å². The largest absolute Gasteiger partial charge is 0.444 e. The average molecular weight is 376 g/mol. The third kappa shape index (κ3) is 4.67. The van der Waals surface area contributed by atoms with Crippen molar-refractivity contribution in [2.45, 2.75) is 65.1 Å². The van der Waals surface area contributed by atoms with Crippen LogP contribution in [0.2, 0.25) is 0 Å². The summed E-state index contributed by atoms with van der Waals surface area (Å²) in [4.78, 5) is 36.5. The van der Waals surface area contributed by atoms with Crippen molar-refractivity contribution in [3.8, 4) is 0 Å². The maximum Gasteiger partial charge on any atom is 0.415 e. The Morgan fingerprint density at radius 2 is 1.93 bits per heavy atom. The van der Waals surface area contributed by atoms with Gasteiger partial charge >= 0.3 is 12.2 Å². The first-order valence-corrected chi connectivity index (χ1v) is 9.44. The van der Waals surface area contributed by atoms with Gasteiger partial charge in [0.2, 0.25) is 0 Å². The van der Waals surface area contributed by atoms with E-state index in [2.05, 4.69) is 9.97 Å². The third-order valence-electron chi connectivity index (χ3n) is 4.65. The Morgan fingerprint density at radius 1 is 1.26 bits per heavy atom. The molecule has 2 saturated heterocycles. The van der Waals surface area contributed by atoms with Crippen LogP contribution in [0.4, 0.5) is 15.4 Å². The topological polar surface area (TPSA) is 84.9 Å². The molecule has 2 fully saturated rings. The van der Waals surface area contributed by atoms with Crippen LogP contribution in [0.15, 0.2) is 6.07 Å². The van der Waals surface area contributed by atoms with E-state index < -0.39 is 5.60 Å². The summed E-state index contributed by atoms with van der Waals surface area (Å²) in [5, 5.41) is 0. The molecule has 0 spiro atoms. The molecule has 0 aliphatic carbocycles. The number of ether oxygens (including phenoxy) is 2. The smallest absolute Gasteiger partial charge is 0.415 e. The number of cyclic esters (lactones) is 1. The van der Waals surface area contributed by atoms with Gasteiger partial charge in [-0.15, -0.1) is 0 Å². The molecule has 2 aliphatic rings. The minimum absolute atomic E-state index is 0.145. The first-order valence-electron chi connectivity index (χ1n) is 9.44. The summed E-state index contributed by atoms with van der Waals surface area (Å²) in [7, 11) is 0. The Bertz CT molecular complexity index is 723. The predicted molar refractivity (Wildman–Crippen MR) is 99.8 cm³/mol. The zero-order valence-corrected chi connectivity index (χ0v) is 16.7. The lowest BCUT2D eigenvalue weighted by Gasteiger charge is -2.33. The maximum atomic E-state index is 12.2. The molecule has 27 heavy (non-hydrogen) atoms. The molecule has 3 rings (SSSR count). The summed E-state index contributed by atoms with van der Waals surface area (Å²) in [5.41, 5.74) is 0.419. The van der Waals surface area contributed by atoms with E-state index in [1.54, 1.807) is 9.80 Å². The number of amides is 2. The van der Waals surface area contributed by atoms with Crippen LogP contribution < -0.4 is 4.90 Å². The Hall–Kier alpha value is -2.38. The Labute approximate surface area is 159 Å². The van der Waals surface area contributed by atoms with Gasteiger partial charge in [-0.25, -0.2) is 19.6 Å². The third-order valence-corrected chi connectivity index (χ3v) is 4.65. The van der Waals surface area contributed by atoms with Gasteiger partial charge in [-0.2, -0.15) is 0 Å². The van der Waals surface area contributed by atoms with E-state index in [1.807, 2.05) is 40.7 Å². The molecule has 0 aromatic carbocycles. The number of likely N-dealkylation sites (tertiary alicyclic amines) is 1. The fraction of sp³-hybridized carbons (Fsp3) is 0.684. The number of aromatic nitrogens is 2. The van der Waals surface area contributed by atoms with Crippen molar-refractivity contribution in [2.24, 2.45) is 0 Å². The van der Waals surface area contributed by atoms with Gasteiger partial charge < -0.3 is 14.4 Å². The normalized spacial score (nSPS) is 21.4. The molecule has 8 heteroatoms. The summed E-state index contributed by atoms with van der Waals surface area (Å²) in [5.74, 6) is 1.44. The molecule has 0 unspecified atom stereocenters. The maximum absolute atomic E-state index is 12.2. The highest BCUT2D eigenvalue weighted by Crippen LogP contribution is 2.30. The van der Waals surface area contributed by atoms with Crippen molar-refractivity contribution in [2.75, 3.05) is 24.5 Å². The van der Waals surface area contributed by atoms with Gasteiger partial charge in [-0.1, -0.05) is 0 Å². The summed E-state index contributed by atoms with van der Waals surface area (Å²) >= 11 is 0. The van der Waals surface area contributed by atoms with Gasteiger partial charge in [0, 0.05) is 30.8 Å². The fourth-order valence-electron chi connectivity index (χ4n) is 3.40. The molecule has 1 atom stereocenters. The summed E-state index contributed by atoms with van der Waals surface area (Å²) in [6.45, 7) is 11.0. The highest BCUT2D eigenvalue weighted by atomic mass is 16.6. The van der Waals surface area contributed by atoms with Crippen LogP contribution in [-0.4, -0.2) is 58.4 Å². The van der Waals surface area contributed by atoms with Gasteiger partial charge in [0.25, 0.3) is 0 Å². The lowest BCUT2D eigenvalue weighted by Crippen LogP contribution is -2.41. The molecule has 2 amide bonds. The number of hydrogen-bond donors (Lipinski definition) is 0. The van der Waals surface area contributed by atoms with E-state index in [0.717, 1.165) is 18.5 Å². The molecule has 1 aromatic heterocycles. The van der Waals surface area contributed by atoms with Gasteiger partial charge in [0.15, 0.2) is 0 Å². The molecular formula is C19H28N4O4. The van der Waals surface area contributed by atoms with Crippen molar-refractivity contribution >= 4 is 18.0 Å². The Morgan fingerprint density at radius 3 is 2.48 bits per heavy atom. The summed E-state index contributed by atoms with van der Waals surface area (Å²) in [6.07, 6.45) is 0.820. The number of carbonyl (C=O) groups is 2. The lowest BCUT2D eigenvalue weighted by atomic mass is 9.93. The van der Waals surface area contributed by atoms with Crippen LogP contribution >= 0.6 is 0 Å². The molecule has 148 valence electrons. The number of hydrogen-bond acceptors (Lipinski definition) is 6. The lowest BCUT2D eigenvalue weighted by molar-refractivity contribution is 0.0204. The SMILES string of the molecule is Cc1nc(C2CCN(C(=O)OC(C)(C)C)CC2)cc(N2C[C@@H](C)OC2=O)n1. The molecule has 0 saturated carbocycles. The minimum atomic E-state index is -0.492. The molecule has 3 heterocycles. The first-order chi connectivity index (χ1) is 12.6. The van der Waals surface area contributed by atoms with E-state index >= 15 is 0 Å². The van der Waals surface area contributed by atoms with E-state index in [1.165, 1.54) is 0 Å². The fourth-order valence-corrected chi connectivity index (χ4v) is 3.40. The van der Waals surface area contributed by atoms with Crippen molar-refractivity contribution in [1.82, 2.24) is 14.9 Å². The molecule has 0 N–H and O–H groups in total. The molecule has 2 aliphatic heterocycles. The number of nitrogens with zero attached hydrogens (tertiary/aromatic N) is 4. The molecular weight excluding hydrogens is 348 g/mol. The zero-order chi connectivity index (χ0) is 19.8. The van der Waals surface area contributed by atoms with Crippen LogP contribution in [0.1, 0.15) is 58.0 Å². The summed E-state index contributed by atoms with van der Waals surface area (Å²) < 4.78 is 10.7. The number of aryl methyl sites for hydroxylation is 1. The highest BCUT2D eigenvalue weighted by molar-refractivity contribution is 5.88. The average Bonchev–Trinajstić information content (AvgIpc) is 2.91. The van der Waals surface area contributed by atoms with Crippen LogP contribution in [0.3, 0.4) is 0 Å². The van der Waals surface area contributed by atoms with Crippen molar-refractivity contribution in [1.29, 1.82) is 0 Å². The quantitative estimate of drug-likeness (QED) is 0.788. The Balaban J connectivity index is 1.68. The number of anilines is 1. The Kier molecular flexibility index (Phi) is 5.26. The first kappa shape index (κ1) is 19.4. The monoisotopic (exact) mass is 376 g/mol. The van der Waals surface area contributed by atoms with Gasteiger partial charge in [-0.05, 0) is 47.5 Å². The van der Waals surface area contributed by atoms with Crippen molar-refractivity contribution < 1.29 is 19.1 Å². The second kappa shape index (κ2) is 7.32. The predicted octanol–water partition coefficient (Wildman–Crippen LogP) is 3.24. The van der Waals surface area contributed by atoms with Gasteiger partial charge in [0.05, 0.1) is 6.54 Å². The standard InChI is InChI=1S/C19H28N4O4/c1-12-11-23(18(25)26-12)16-10-15(20-13(2)21-16)14-6-8-22(9-7-14)17(24)27-19(3,4)5/h10,12,14H,6-9,11H2,1-5H3/t12-/m1/s1. The van der Waals surface area contributed by atoms with Crippen LogP contribution in [-0.2, 0) is 9.47 Å². The van der Waals surface area contributed by atoms with E-state index in [4.69, 9.17) is 9.47 Å². The van der Waals surface area contributed by atoms with Crippen LogP contribution in [0.25, 0.3) is 0 Å². The molecule has 0 radical (unpaired) electrons. The summed E-state index contributed by atoms with van der Waals surface area (Å²) in [6, 6.07) is 1.88.